The Labute approximate surface area is 106 Å². The minimum absolute atomic E-state index is 0.0449. The maximum absolute atomic E-state index is 11.8. The van der Waals surface area contributed by atoms with E-state index in [1.165, 1.54) is 18.2 Å². The van der Waals surface area contributed by atoms with Crippen LogP contribution in [0.2, 0.25) is 0 Å². The van der Waals surface area contributed by atoms with Crippen LogP contribution in [0.4, 0.5) is 0 Å². The Hall–Kier alpha value is -2.10. The Balaban J connectivity index is 3.07. The van der Waals surface area contributed by atoms with Crippen LogP contribution >= 0.6 is 0 Å². The van der Waals surface area contributed by atoms with Gasteiger partial charge in [-0.2, -0.15) is 0 Å². The van der Waals surface area contributed by atoms with Crippen LogP contribution in [-0.2, 0) is 4.74 Å². The monoisotopic (exact) mass is 248 g/mol. The summed E-state index contributed by atoms with van der Waals surface area (Å²) in [5, 5.41) is 8.95. The second kappa shape index (κ2) is 6.00. The third kappa shape index (κ3) is 3.45. The number of carboxylic acids is 1. The van der Waals surface area contributed by atoms with E-state index >= 15 is 0 Å². The Kier molecular flexibility index (Phi) is 4.66. The minimum Gasteiger partial charge on any atom is -0.478 e. The summed E-state index contributed by atoms with van der Waals surface area (Å²) in [5.41, 5.74) is 0.847. The molecule has 0 amide bonds. The molecule has 0 bridgehead atoms. The molecule has 0 radical (unpaired) electrons. The van der Waals surface area contributed by atoms with E-state index in [0.717, 1.165) is 0 Å². The first kappa shape index (κ1) is 14.0. The molecule has 0 saturated carbocycles. The lowest BCUT2D eigenvalue weighted by atomic mass is 10.1. The fraction of sp³-hybridized carbons (Fsp3) is 0.286. The van der Waals surface area contributed by atoms with Crippen molar-refractivity contribution in [1.29, 1.82) is 0 Å². The van der Waals surface area contributed by atoms with E-state index < -0.39 is 11.9 Å². The van der Waals surface area contributed by atoms with Gasteiger partial charge < -0.3 is 9.84 Å². The third-order valence-electron chi connectivity index (χ3n) is 2.56. The molecule has 0 aliphatic carbocycles. The Morgan fingerprint density at radius 1 is 1.39 bits per heavy atom. The lowest BCUT2D eigenvalue weighted by Crippen LogP contribution is -2.14. The van der Waals surface area contributed by atoms with E-state index in [1.54, 1.807) is 13.0 Å². The Morgan fingerprint density at radius 3 is 2.50 bits per heavy atom. The molecule has 1 unspecified atom stereocenters. The predicted octanol–water partition coefficient (Wildman–Crippen LogP) is 2.98. The number of carboxylic acid groups (broad SMARTS) is 1. The van der Waals surface area contributed by atoms with Gasteiger partial charge in [0.1, 0.15) is 0 Å². The van der Waals surface area contributed by atoms with Crippen LogP contribution in [0.3, 0.4) is 0 Å². The van der Waals surface area contributed by atoms with Crippen LogP contribution in [0.25, 0.3) is 6.08 Å². The Morgan fingerprint density at radius 2 is 2.00 bits per heavy atom. The largest absolute Gasteiger partial charge is 0.478 e. The van der Waals surface area contributed by atoms with E-state index in [9.17, 15) is 9.59 Å². The summed E-state index contributed by atoms with van der Waals surface area (Å²) in [5.74, 6) is -1.60. The maximum atomic E-state index is 11.8. The summed E-state index contributed by atoms with van der Waals surface area (Å²) in [6, 6.07) is 4.32. The van der Waals surface area contributed by atoms with Crippen molar-refractivity contribution < 1.29 is 19.4 Å². The molecule has 0 aromatic heterocycles. The van der Waals surface area contributed by atoms with Gasteiger partial charge in [-0.3, -0.25) is 0 Å². The summed E-state index contributed by atoms with van der Waals surface area (Å²) >= 11 is 0. The first-order valence-electron chi connectivity index (χ1n) is 5.69. The molecule has 0 aliphatic heterocycles. The van der Waals surface area contributed by atoms with E-state index in [4.69, 9.17) is 9.84 Å². The SMILES string of the molecule is C=Cc1cc(C(=O)O)cc(C(=O)OC(C)CC)c1. The van der Waals surface area contributed by atoms with Crippen LogP contribution in [0.1, 0.15) is 46.5 Å². The highest BCUT2D eigenvalue weighted by molar-refractivity contribution is 5.95. The molecule has 1 atom stereocenters. The summed E-state index contributed by atoms with van der Waals surface area (Å²) in [7, 11) is 0. The highest BCUT2D eigenvalue weighted by Crippen LogP contribution is 2.14. The zero-order valence-electron chi connectivity index (χ0n) is 10.5. The molecule has 1 aromatic carbocycles. The molecular weight excluding hydrogens is 232 g/mol. The average molecular weight is 248 g/mol. The molecule has 4 heteroatoms. The van der Waals surface area contributed by atoms with Crippen molar-refractivity contribution in [3.8, 4) is 0 Å². The lowest BCUT2D eigenvalue weighted by molar-refractivity contribution is 0.0334. The van der Waals surface area contributed by atoms with Crippen molar-refractivity contribution in [2.75, 3.05) is 0 Å². The summed E-state index contributed by atoms with van der Waals surface area (Å²) in [6.07, 6.45) is 2.00. The second-order valence-electron chi connectivity index (χ2n) is 3.98. The van der Waals surface area contributed by atoms with E-state index in [1.807, 2.05) is 6.92 Å². The van der Waals surface area contributed by atoms with Crippen molar-refractivity contribution >= 4 is 18.0 Å². The van der Waals surface area contributed by atoms with Crippen LogP contribution in [-0.4, -0.2) is 23.1 Å². The molecule has 0 fully saturated rings. The molecule has 4 nitrogen and oxygen atoms in total. The number of esters is 1. The zero-order chi connectivity index (χ0) is 13.7. The van der Waals surface area contributed by atoms with Gasteiger partial charge in [0.2, 0.25) is 0 Å². The number of benzene rings is 1. The second-order valence-corrected chi connectivity index (χ2v) is 3.98. The van der Waals surface area contributed by atoms with E-state index in [-0.39, 0.29) is 17.2 Å². The molecule has 96 valence electrons. The smallest absolute Gasteiger partial charge is 0.338 e. The topological polar surface area (TPSA) is 63.6 Å². The van der Waals surface area contributed by atoms with Gasteiger partial charge in [0.15, 0.2) is 0 Å². The van der Waals surface area contributed by atoms with Gasteiger partial charge in [0.05, 0.1) is 17.2 Å². The highest BCUT2D eigenvalue weighted by Gasteiger charge is 2.14. The number of carbonyl (C=O) groups is 2. The fourth-order valence-corrected chi connectivity index (χ4v) is 1.34. The van der Waals surface area contributed by atoms with Crippen LogP contribution in [0.5, 0.6) is 0 Å². The number of aromatic carboxylic acids is 1. The summed E-state index contributed by atoms with van der Waals surface area (Å²) in [6.45, 7) is 7.25. The van der Waals surface area contributed by atoms with Gasteiger partial charge >= 0.3 is 11.9 Å². The highest BCUT2D eigenvalue weighted by atomic mass is 16.5. The molecule has 1 rings (SSSR count). The molecule has 0 spiro atoms. The quantitative estimate of drug-likeness (QED) is 0.813. The number of hydrogen-bond donors (Lipinski definition) is 1. The van der Waals surface area contributed by atoms with Gasteiger partial charge in [0.25, 0.3) is 0 Å². The lowest BCUT2D eigenvalue weighted by Gasteiger charge is -2.11. The van der Waals surface area contributed by atoms with Crippen LogP contribution in [0, 0.1) is 0 Å². The summed E-state index contributed by atoms with van der Waals surface area (Å²) < 4.78 is 5.15. The van der Waals surface area contributed by atoms with Crippen molar-refractivity contribution in [2.45, 2.75) is 26.4 Å². The first-order chi connectivity index (χ1) is 8.47. The fourth-order valence-electron chi connectivity index (χ4n) is 1.34. The van der Waals surface area contributed by atoms with Gasteiger partial charge in [-0.1, -0.05) is 19.6 Å². The standard InChI is InChI=1S/C14H16O4/c1-4-9(3)18-14(17)12-7-10(5-2)6-11(8-12)13(15)16/h5-9H,2,4H2,1,3H3,(H,15,16). The van der Waals surface area contributed by atoms with E-state index in [2.05, 4.69) is 6.58 Å². The van der Waals surface area contributed by atoms with Crippen molar-refractivity contribution in [1.82, 2.24) is 0 Å². The van der Waals surface area contributed by atoms with E-state index in [0.29, 0.717) is 12.0 Å². The molecule has 0 aliphatic rings. The molecule has 1 aromatic rings. The maximum Gasteiger partial charge on any atom is 0.338 e. The molecule has 0 heterocycles. The van der Waals surface area contributed by atoms with Gasteiger partial charge in [-0.15, -0.1) is 0 Å². The normalized spacial score (nSPS) is 11.7. The molecule has 0 saturated heterocycles. The number of rotatable bonds is 5. The molecule has 18 heavy (non-hydrogen) atoms. The number of ether oxygens (including phenoxy) is 1. The molecule has 1 N–H and O–H groups in total. The molecular formula is C14H16O4. The van der Waals surface area contributed by atoms with Gasteiger partial charge in [0, 0.05) is 0 Å². The minimum atomic E-state index is -1.09. The van der Waals surface area contributed by atoms with Crippen molar-refractivity contribution in [3.63, 3.8) is 0 Å². The predicted molar refractivity (Wildman–Crippen MR) is 68.7 cm³/mol. The van der Waals surface area contributed by atoms with Gasteiger partial charge in [-0.25, -0.2) is 9.59 Å². The van der Waals surface area contributed by atoms with Crippen LogP contribution < -0.4 is 0 Å². The third-order valence-corrected chi connectivity index (χ3v) is 2.56. The Bertz CT molecular complexity index is 477. The first-order valence-corrected chi connectivity index (χ1v) is 5.69. The summed E-state index contributed by atoms with van der Waals surface area (Å²) in [4.78, 5) is 22.7. The average Bonchev–Trinajstić information content (AvgIpc) is 2.37. The van der Waals surface area contributed by atoms with Crippen molar-refractivity contribution in [3.05, 3.63) is 41.5 Å². The zero-order valence-corrected chi connectivity index (χ0v) is 10.5. The van der Waals surface area contributed by atoms with Crippen LogP contribution in [0.15, 0.2) is 24.8 Å². The number of hydrogen-bond acceptors (Lipinski definition) is 3. The van der Waals surface area contributed by atoms with Gasteiger partial charge in [-0.05, 0) is 37.1 Å². The van der Waals surface area contributed by atoms with Crippen molar-refractivity contribution in [2.24, 2.45) is 0 Å². The number of carbonyl (C=O) groups excluding carboxylic acids is 1.